The minimum absolute atomic E-state index is 0.0286. The van der Waals surface area contributed by atoms with Crippen LogP contribution in [0.4, 0.5) is 15.6 Å². The molecule has 2 aromatic heterocycles. The van der Waals surface area contributed by atoms with Gasteiger partial charge in [0.1, 0.15) is 17.9 Å². The lowest BCUT2D eigenvalue weighted by molar-refractivity contribution is 0.177. The number of carbonyl (C=O) groups excluding carboxylic acids is 1. The van der Waals surface area contributed by atoms with E-state index in [-0.39, 0.29) is 17.3 Å². The Morgan fingerprint density at radius 3 is 2.71 bits per heavy atom. The van der Waals surface area contributed by atoms with Crippen LogP contribution in [0.3, 0.4) is 0 Å². The van der Waals surface area contributed by atoms with Gasteiger partial charge in [0.25, 0.3) is 5.95 Å². The highest BCUT2D eigenvalue weighted by Gasteiger charge is 2.22. The van der Waals surface area contributed by atoms with Gasteiger partial charge in [0.05, 0.1) is 17.8 Å². The molecule has 1 atom stereocenters. The molecule has 4 rings (SSSR count). The zero-order chi connectivity index (χ0) is 19.7. The molecule has 1 saturated heterocycles. The summed E-state index contributed by atoms with van der Waals surface area (Å²) in [6.07, 6.45) is 0.281. The average Bonchev–Trinajstić information content (AvgIpc) is 3.25. The topological polar surface area (TPSA) is 134 Å². The zero-order valence-electron chi connectivity index (χ0n) is 14.3. The summed E-state index contributed by atoms with van der Waals surface area (Å²) in [7, 11) is 0. The van der Waals surface area contributed by atoms with Gasteiger partial charge in [-0.15, -0.1) is 11.3 Å². The van der Waals surface area contributed by atoms with Gasteiger partial charge in [-0.25, -0.2) is 14.6 Å². The van der Waals surface area contributed by atoms with Gasteiger partial charge in [-0.05, 0) is 24.1 Å². The molecule has 1 aliphatic heterocycles. The minimum Gasteiger partial charge on any atom is -0.507 e. The second-order valence-electron chi connectivity index (χ2n) is 6.13. The summed E-state index contributed by atoms with van der Waals surface area (Å²) in [5.41, 5.74) is 1.23. The summed E-state index contributed by atoms with van der Waals surface area (Å²) in [6.45, 7) is 0.361. The number of aromatic hydroxyl groups is 2. The largest absolute Gasteiger partial charge is 0.507 e. The van der Waals surface area contributed by atoms with Crippen LogP contribution < -0.4 is 16.3 Å². The number of nitrogens with zero attached hydrogens (tertiary/aromatic N) is 1. The van der Waals surface area contributed by atoms with Gasteiger partial charge in [-0.3, -0.25) is 0 Å². The monoisotopic (exact) mass is 401 g/mol. The number of cyclic esters (lactones) is 1. The van der Waals surface area contributed by atoms with E-state index >= 15 is 0 Å². The molecule has 1 aromatic carbocycles. The molecular formula is C18H15N3O6S. The number of amides is 1. The first-order chi connectivity index (χ1) is 13.5. The van der Waals surface area contributed by atoms with Crippen molar-refractivity contribution in [3.63, 3.8) is 0 Å². The van der Waals surface area contributed by atoms with Gasteiger partial charge in [0.15, 0.2) is 5.13 Å². The van der Waals surface area contributed by atoms with E-state index < -0.39 is 23.4 Å². The quantitative estimate of drug-likeness (QED) is 0.512. The third kappa shape index (κ3) is 3.76. The summed E-state index contributed by atoms with van der Waals surface area (Å²) in [5.74, 6) is -1.09. The van der Waals surface area contributed by atoms with Crippen molar-refractivity contribution in [3.05, 3.63) is 51.7 Å². The number of rotatable bonds is 5. The predicted molar refractivity (Wildman–Crippen MR) is 101 cm³/mol. The van der Waals surface area contributed by atoms with Crippen molar-refractivity contribution in [2.24, 2.45) is 0 Å². The molecule has 0 bridgehead atoms. The number of hydrogen-bond acceptors (Lipinski definition) is 9. The van der Waals surface area contributed by atoms with E-state index in [2.05, 4.69) is 20.0 Å². The second-order valence-corrected chi connectivity index (χ2v) is 6.99. The molecule has 0 saturated carbocycles. The molecule has 1 aliphatic rings. The highest BCUT2D eigenvalue weighted by Crippen LogP contribution is 2.37. The number of aromatic nitrogens is 1. The van der Waals surface area contributed by atoms with Crippen molar-refractivity contribution in [2.45, 2.75) is 12.5 Å². The molecule has 10 heteroatoms. The van der Waals surface area contributed by atoms with Crippen molar-refractivity contribution in [3.8, 4) is 23.0 Å². The Bertz CT molecular complexity index is 1050. The fraction of sp³-hybridized carbons (Fsp3) is 0.167. The van der Waals surface area contributed by atoms with E-state index in [0.717, 1.165) is 17.3 Å². The fourth-order valence-electron chi connectivity index (χ4n) is 2.82. The Morgan fingerprint density at radius 2 is 2.04 bits per heavy atom. The first-order valence-electron chi connectivity index (χ1n) is 8.29. The summed E-state index contributed by atoms with van der Waals surface area (Å²) in [5, 5.41) is 27.7. The van der Waals surface area contributed by atoms with Gasteiger partial charge >= 0.3 is 11.7 Å². The third-order valence-corrected chi connectivity index (χ3v) is 4.86. The average molecular weight is 401 g/mol. The van der Waals surface area contributed by atoms with Crippen molar-refractivity contribution >= 4 is 28.2 Å². The van der Waals surface area contributed by atoms with Gasteiger partial charge in [-0.1, -0.05) is 12.1 Å². The van der Waals surface area contributed by atoms with E-state index in [9.17, 15) is 19.8 Å². The maximum Gasteiger partial charge on any atom is 0.407 e. The number of carbonyl (C=O) groups is 1. The first-order valence-corrected chi connectivity index (χ1v) is 9.17. The number of hydrogen-bond donors (Lipinski definition) is 4. The summed E-state index contributed by atoms with van der Waals surface area (Å²) < 4.78 is 9.47. The number of alkyl carbamates (subject to hydrolysis) is 1. The van der Waals surface area contributed by atoms with E-state index in [0.29, 0.717) is 18.2 Å². The zero-order valence-corrected chi connectivity index (χ0v) is 15.2. The molecule has 9 nitrogen and oxygen atoms in total. The van der Waals surface area contributed by atoms with Gasteiger partial charge in [-0.2, -0.15) is 0 Å². The molecule has 0 spiro atoms. The summed E-state index contributed by atoms with van der Waals surface area (Å²) in [6, 6.07) is 8.47. The van der Waals surface area contributed by atoms with Crippen LogP contribution in [0.5, 0.6) is 11.7 Å². The number of benzene rings is 1. The first kappa shape index (κ1) is 17.9. The number of nitrogens with one attached hydrogen (secondary N) is 2. The van der Waals surface area contributed by atoms with E-state index in [1.165, 1.54) is 11.3 Å². The van der Waals surface area contributed by atoms with Gasteiger partial charge in [0, 0.05) is 11.1 Å². The molecule has 0 radical (unpaired) electrons. The molecule has 4 N–H and O–H groups in total. The molecule has 28 heavy (non-hydrogen) atoms. The Hall–Kier alpha value is -3.53. The Labute approximate surface area is 162 Å². The molecule has 0 aliphatic carbocycles. The number of ether oxygens (including phenoxy) is 1. The molecule has 144 valence electrons. The number of anilines is 2. The van der Waals surface area contributed by atoms with Crippen LogP contribution in [0, 0.1) is 0 Å². The Balaban J connectivity index is 1.45. The minimum atomic E-state index is -0.851. The molecule has 1 unspecified atom stereocenters. The number of thiazole rings is 1. The van der Waals surface area contributed by atoms with Crippen molar-refractivity contribution < 1.29 is 24.2 Å². The normalized spacial score (nSPS) is 15.9. The predicted octanol–water partition coefficient (Wildman–Crippen LogP) is 2.57. The van der Waals surface area contributed by atoms with E-state index in [4.69, 9.17) is 4.74 Å². The highest BCUT2D eigenvalue weighted by atomic mass is 32.1. The SMILES string of the molecule is O=C1NC(Cc2ccc(Nc3nc(-c4c(O)cc(=O)oc4O)cs3)cc2)CO1. The second kappa shape index (κ2) is 7.24. The molecule has 1 amide bonds. The molecule has 3 heterocycles. The highest BCUT2D eigenvalue weighted by molar-refractivity contribution is 7.14. The standard InChI is InChI=1S/C18H15N3O6S/c22-13-6-14(23)27-16(24)15(13)12-8-28-17(21-12)19-10-3-1-9(2-4-10)5-11-7-26-18(25)20-11/h1-4,6,8,11,22,24H,5,7H2,(H,19,21)(H,20,25). The van der Waals surface area contributed by atoms with Crippen molar-refractivity contribution in [1.29, 1.82) is 0 Å². The van der Waals surface area contributed by atoms with Crippen LogP contribution in [0.25, 0.3) is 11.3 Å². The van der Waals surface area contributed by atoms with Crippen LogP contribution >= 0.6 is 11.3 Å². The third-order valence-electron chi connectivity index (χ3n) is 4.11. The van der Waals surface area contributed by atoms with Crippen LogP contribution in [-0.2, 0) is 11.2 Å². The van der Waals surface area contributed by atoms with Gasteiger partial charge in [0.2, 0.25) is 0 Å². The lowest BCUT2D eigenvalue weighted by Gasteiger charge is -2.08. The molecule has 1 fully saturated rings. The molecular weight excluding hydrogens is 386 g/mol. The van der Waals surface area contributed by atoms with Crippen LogP contribution in [-0.4, -0.2) is 33.9 Å². The van der Waals surface area contributed by atoms with Crippen LogP contribution in [0.1, 0.15) is 5.56 Å². The summed E-state index contributed by atoms with van der Waals surface area (Å²) in [4.78, 5) is 26.5. The Kier molecular flexibility index (Phi) is 4.62. The van der Waals surface area contributed by atoms with Gasteiger partial charge < -0.3 is 30.0 Å². The lowest BCUT2D eigenvalue weighted by atomic mass is 10.1. The van der Waals surface area contributed by atoms with Crippen molar-refractivity contribution in [1.82, 2.24) is 10.3 Å². The van der Waals surface area contributed by atoms with Crippen LogP contribution in [0.2, 0.25) is 0 Å². The summed E-state index contributed by atoms with van der Waals surface area (Å²) >= 11 is 1.26. The lowest BCUT2D eigenvalue weighted by Crippen LogP contribution is -2.28. The fourth-order valence-corrected chi connectivity index (χ4v) is 3.55. The van der Waals surface area contributed by atoms with E-state index in [1.807, 2.05) is 24.3 Å². The maximum atomic E-state index is 11.1. The smallest absolute Gasteiger partial charge is 0.407 e. The molecule has 3 aromatic rings. The van der Waals surface area contributed by atoms with Crippen LogP contribution in [0.15, 0.2) is 44.9 Å². The van der Waals surface area contributed by atoms with Crippen molar-refractivity contribution in [2.75, 3.05) is 11.9 Å². The Morgan fingerprint density at radius 1 is 1.25 bits per heavy atom. The van der Waals surface area contributed by atoms with E-state index in [1.54, 1.807) is 5.38 Å². The maximum absolute atomic E-state index is 11.1.